The SMILES string of the molecule is CCn1c(SCC(=O)c2ccccc2Cl)nc2cc3ccccc3cc2c1=O. The van der Waals surface area contributed by atoms with E-state index in [-0.39, 0.29) is 17.1 Å². The number of rotatable bonds is 5. The number of ketones is 1. The van der Waals surface area contributed by atoms with Gasteiger partial charge < -0.3 is 0 Å². The number of benzene rings is 3. The first kappa shape index (κ1) is 18.7. The molecule has 6 heteroatoms. The van der Waals surface area contributed by atoms with Gasteiger partial charge in [0.25, 0.3) is 5.56 Å². The molecule has 0 unspecified atom stereocenters. The van der Waals surface area contributed by atoms with Gasteiger partial charge in [-0.25, -0.2) is 4.98 Å². The Labute approximate surface area is 171 Å². The van der Waals surface area contributed by atoms with Crippen molar-refractivity contribution >= 4 is 50.8 Å². The van der Waals surface area contributed by atoms with Crippen molar-refractivity contribution in [3.63, 3.8) is 0 Å². The van der Waals surface area contributed by atoms with Crippen LogP contribution in [0.5, 0.6) is 0 Å². The zero-order chi connectivity index (χ0) is 19.7. The van der Waals surface area contributed by atoms with Crippen LogP contribution in [0, 0.1) is 0 Å². The summed E-state index contributed by atoms with van der Waals surface area (Å²) in [5.74, 6) is 0.0704. The molecular weight excluding hydrogens is 392 g/mol. The molecule has 0 aliphatic heterocycles. The molecule has 0 aliphatic carbocycles. The molecule has 0 spiro atoms. The van der Waals surface area contributed by atoms with Gasteiger partial charge in [-0.15, -0.1) is 0 Å². The molecule has 0 saturated carbocycles. The third-order valence-electron chi connectivity index (χ3n) is 4.61. The van der Waals surface area contributed by atoms with Crippen molar-refractivity contribution in [3.8, 4) is 0 Å². The van der Waals surface area contributed by atoms with E-state index in [0.717, 1.165) is 10.8 Å². The third-order valence-corrected chi connectivity index (χ3v) is 5.92. The Kier molecular flexibility index (Phi) is 5.20. The van der Waals surface area contributed by atoms with Gasteiger partial charge in [0.15, 0.2) is 10.9 Å². The summed E-state index contributed by atoms with van der Waals surface area (Å²) in [4.78, 5) is 30.2. The molecule has 0 N–H and O–H groups in total. The van der Waals surface area contributed by atoms with Gasteiger partial charge in [-0.3, -0.25) is 14.2 Å². The fourth-order valence-electron chi connectivity index (χ4n) is 3.17. The number of nitrogens with zero attached hydrogens (tertiary/aromatic N) is 2. The van der Waals surface area contributed by atoms with Gasteiger partial charge in [0.2, 0.25) is 0 Å². The minimum Gasteiger partial charge on any atom is -0.293 e. The van der Waals surface area contributed by atoms with Crippen LogP contribution in [0.15, 0.2) is 70.6 Å². The number of fused-ring (bicyclic) bond motifs is 2. The van der Waals surface area contributed by atoms with Crippen LogP contribution in [0.3, 0.4) is 0 Å². The van der Waals surface area contributed by atoms with Crippen LogP contribution in [-0.2, 0) is 6.54 Å². The van der Waals surface area contributed by atoms with Crippen LogP contribution >= 0.6 is 23.4 Å². The molecule has 0 bridgehead atoms. The average molecular weight is 409 g/mol. The average Bonchev–Trinajstić information content (AvgIpc) is 2.71. The predicted molar refractivity (Wildman–Crippen MR) is 116 cm³/mol. The first-order chi connectivity index (χ1) is 13.6. The predicted octanol–water partition coefficient (Wildman–Crippen LogP) is 5.20. The summed E-state index contributed by atoms with van der Waals surface area (Å²) >= 11 is 7.38. The van der Waals surface area contributed by atoms with Crippen LogP contribution < -0.4 is 5.56 Å². The lowest BCUT2D eigenvalue weighted by atomic mass is 10.1. The molecule has 0 amide bonds. The van der Waals surface area contributed by atoms with Gasteiger partial charge in [0.05, 0.1) is 21.7 Å². The van der Waals surface area contributed by atoms with Gasteiger partial charge >= 0.3 is 0 Å². The summed E-state index contributed by atoms with van der Waals surface area (Å²) in [6.45, 7) is 2.38. The smallest absolute Gasteiger partial charge is 0.262 e. The summed E-state index contributed by atoms with van der Waals surface area (Å²) in [7, 11) is 0. The van der Waals surface area contributed by atoms with Crippen LogP contribution in [0.4, 0.5) is 0 Å². The number of halogens is 1. The van der Waals surface area contributed by atoms with E-state index < -0.39 is 0 Å². The Balaban J connectivity index is 1.74. The summed E-state index contributed by atoms with van der Waals surface area (Å²) < 4.78 is 1.61. The molecule has 4 rings (SSSR count). The second kappa shape index (κ2) is 7.78. The van der Waals surface area contributed by atoms with Crippen molar-refractivity contribution < 1.29 is 4.79 Å². The Morgan fingerprint density at radius 2 is 1.75 bits per heavy atom. The van der Waals surface area contributed by atoms with E-state index >= 15 is 0 Å². The highest BCUT2D eigenvalue weighted by molar-refractivity contribution is 7.99. The largest absolute Gasteiger partial charge is 0.293 e. The number of carbonyl (C=O) groups excluding carboxylic acids is 1. The second-order valence-corrected chi connectivity index (χ2v) is 7.70. The quantitative estimate of drug-likeness (QED) is 0.197. The van der Waals surface area contributed by atoms with Gasteiger partial charge in [0, 0.05) is 12.1 Å². The standard InChI is InChI=1S/C22H17ClN2O2S/c1-2-25-21(27)17-11-14-7-3-4-8-15(14)12-19(17)24-22(25)28-13-20(26)16-9-5-6-10-18(16)23/h3-12H,2,13H2,1H3. The topological polar surface area (TPSA) is 52.0 Å². The van der Waals surface area contributed by atoms with Crippen molar-refractivity contribution in [1.29, 1.82) is 0 Å². The maximum atomic E-state index is 13.0. The lowest BCUT2D eigenvalue weighted by molar-refractivity contribution is 0.102. The van der Waals surface area contributed by atoms with Crippen molar-refractivity contribution in [2.75, 3.05) is 5.75 Å². The maximum Gasteiger partial charge on any atom is 0.262 e. The summed E-state index contributed by atoms with van der Waals surface area (Å²) in [5.41, 5.74) is 1.03. The molecule has 4 aromatic rings. The first-order valence-electron chi connectivity index (χ1n) is 8.92. The van der Waals surface area contributed by atoms with Crippen molar-refractivity contribution in [2.24, 2.45) is 0 Å². The molecule has 3 aromatic carbocycles. The van der Waals surface area contributed by atoms with E-state index in [9.17, 15) is 9.59 Å². The van der Waals surface area contributed by atoms with Crippen molar-refractivity contribution in [3.05, 3.63) is 81.6 Å². The molecule has 0 fully saturated rings. The van der Waals surface area contributed by atoms with Gasteiger partial charge in [-0.05, 0) is 42.0 Å². The van der Waals surface area contributed by atoms with Gasteiger partial charge in [0.1, 0.15) is 0 Å². The van der Waals surface area contributed by atoms with Crippen molar-refractivity contribution in [2.45, 2.75) is 18.6 Å². The van der Waals surface area contributed by atoms with E-state index in [2.05, 4.69) is 4.98 Å². The summed E-state index contributed by atoms with van der Waals surface area (Å²) in [6.07, 6.45) is 0. The molecule has 1 aromatic heterocycles. The molecule has 0 saturated heterocycles. The van der Waals surface area contributed by atoms with E-state index in [0.29, 0.717) is 33.2 Å². The van der Waals surface area contributed by atoms with E-state index in [4.69, 9.17) is 11.6 Å². The molecule has 1 heterocycles. The maximum absolute atomic E-state index is 13.0. The highest BCUT2D eigenvalue weighted by Crippen LogP contribution is 2.24. The number of carbonyl (C=O) groups is 1. The molecular formula is C22H17ClN2O2S. The fraction of sp³-hybridized carbons (Fsp3) is 0.136. The minimum atomic E-state index is -0.0917. The number of Topliss-reactive ketones (excluding diaryl/α,β-unsaturated/α-hetero) is 1. The molecule has 140 valence electrons. The molecule has 0 aliphatic rings. The normalized spacial score (nSPS) is 11.2. The minimum absolute atomic E-state index is 0.0916. The zero-order valence-corrected chi connectivity index (χ0v) is 16.8. The lowest BCUT2D eigenvalue weighted by Crippen LogP contribution is -2.23. The molecule has 0 atom stereocenters. The Bertz CT molecular complexity index is 1270. The van der Waals surface area contributed by atoms with E-state index in [1.807, 2.05) is 43.3 Å². The zero-order valence-electron chi connectivity index (χ0n) is 15.2. The van der Waals surface area contributed by atoms with Gasteiger partial charge in [-0.1, -0.05) is 59.8 Å². The van der Waals surface area contributed by atoms with Gasteiger partial charge in [-0.2, -0.15) is 0 Å². The number of aromatic nitrogens is 2. The second-order valence-electron chi connectivity index (χ2n) is 6.35. The van der Waals surface area contributed by atoms with Crippen molar-refractivity contribution in [1.82, 2.24) is 9.55 Å². The molecule has 4 nitrogen and oxygen atoms in total. The van der Waals surface area contributed by atoms with Crippen LogP contribution in [0.25, 0.3) is 21.7 Å². The Morgan fingerprint density at radius 3 is 2.46 bits per heavy atom. The monoisotopic (exact) mass is 408 g/mol. The Hall–Kier alpha value is -2.63. The molecule has 28 heavy (non-hydrogen) atoms. The fourth-order valence-corrected chi connectivity index (χ4v) is 4.36. The van der Waals surface area contributed by atoms with E-state index in [1.54, 1.807) is 28.8 Å². The molecule has 0 radical (unpaired) electrons. The summed E-state index contributed by atoms with van der Waals surface area (Å²) in [6, 6.07) is 18.7. The van der Waals surface area contributed by atoms with Crippen LogP contribution in [-0.4, -0.2) is 21.1 Å². The van der Waals surface area contributed by atoms with E-state index in [1.165, 1.54) is 11.8 Å². The Morgan fingerprint density at radius 1 is 1.07 bits per heavy atom. The lowest BCUT2D eigenvalue weighted by Gasteiger charge is -2.12. The summed E-state index contributed by atoms with van der Waals surface area (Å²) in [5, 5.41) is 3.59. The number of thioether (sulfide) groups is 1. The van der Waals surface area contributed by atoms with Crippen LogP contribution in [0.1, 0.15) is 17.3 Å². The third kappa shape index (κ3) is 3.43. The highest BCUT2D eigenvalue weighted by Gasteiger charge is 2.15. The highest BCUT2D eigenvalue weighted by atomic mass is 35.5. The van der Waals surface area contributed by atoms with Crippen LogP contribution in [0.2, 0.25) is 5.02 Å². The first-order valence-corrected chi connectivity index (χ1v) is 10.3. The number of hydrogen-bond donors (Lipinski definition) is 0. The number of hydrogen-bond acceptors (Lipinski definition) is 4.